The molecule has 0 aliphatic carbocycles. The number of hydrogen-bond acceptors (Lipinski definition) is 4. The molecule has 2 rings (SSSR count). The van der Waals surface area contributed by atoms with Gasteiger partial charge in [0.2, 0.25) is 5.88 Å². The van der Waals surface area contributed by atoms with Crippen molar-refractivity contribution in [1.82, 2.24) is 4.98 Å². The first kappa shape index (κ1) is 8.31. The van der Waals surface area contributed by atoms with Gasteiger partial charge in [0.05, 0.1) is 27.0 Å². The molecule has 0 spiro atoms. The summed E-state index contributed by atoms with van der Waals surface area (Å²) in [5.74, 6) is 1.34. The molecule has 0 unspecified atom stereocenters. The van der Waals surface area contributed by atoms with Crippen LogP contribution in [0.5, 0.6) is 11.6 Å². The second-order valence-corrected chi connectivity index (χ2v) is 2.79. The van der Waals surface area contributed by atoms with Gasteiger partial charge in [-0.2, -0.15) is 0 Å². The van der Waals surface area contributed by atoms with Crippen LogP contribution in [-0.2, 0) is 4.74 Å². The molecule has 1 aliphatic heterocycles. The van der Waals surface area contributed by atoms with Crippen molar-refractivity contribution >= 4 is 0 Å². The van der Waals surface area contributed by atoms with Gasteiger partial charge in [-0.3, -0.25) is 0 Å². The zero-order chi connectivity index (χ0) is 9.26. The van der Waals surface area contributed by atoms with Crippen LogP contribution in [0.15, 0.2) is 12.3 Å². The number of ether oxygens (including phenoxy) is 3. The van der Waals surface area contributed by atoms with Crippen LogP contribution in [0.1, 0.15) is 11.7 Å². The van der Waals surface area contributed by atoms with Gasteiger partial charge in [0, 0.05) is 11.6 Å². The van der Waals surface area contributed by atoms with Gasteiger partial charge in [0.25, 0.3) is 0 Å². The lowest BCUT2D eigenvalue weighted by molar-refractivity contribution is 0.369. The SMILES string of the molecule is COc1cc([C@H]2CO2)c(OC)cn1. The molecule has 1 fully saturated rings. The third-order valence-corrected chi connectivity index (χ3v) is 1.98. The Morgan fingerprint density at radius 1 is 1.46 bits per heavy atom. The van der Waals surface area contributed by atoms with E-state index in [1.165, 1.54) is 0 Å². The maximum Gasteiger partial charge on any atom is 0.213 e. The lowest BCUT2D eigenvalue weighted by Gasteiger charge is -2.06. The van der Waals surface area contributed by atoms with E-state index in [0.717, 1.165) is 17.9 Å². The molecule has 0 radical (unpaired) electrons. The molecule has 13 heavy (non-hydrogen) atoms. The van der Waals surface area contributed by atoms with E-state index >= 15 is 0 Å². The highest BCUT2D eigenvalue weighted by molar-refractivity contribution is 5.38. The second kappa shape index (κ2) is 3.22. The number of aromatic nitrogens is 1. The Morgan fingerprint density at radius 2 is 2.23 bits per heavy atom. The summed E-state index contributed by atoms with van der Waals surface area (Å²) in [4.78, 5) is 4.04. The average Bonchev–Trinajstić information content (AvgIpc) is 3.00. The van der Waals surface area contributed by atoms with E-state index in [4.69, 9.17) is 14.2 Å². The minimum Gasteiger partial charge on any atom is -0.495 e. The van der Waals surface area contributed by atoms with Crippen LogP contribution < -0.4 is 9.47 Å². The Labute approximate surface area is 76.4 Å². The molecule has 1 saturated heterocycles. The standard InChI is InChI=1S/C9H11NO3/c1-11-7-4-10-9(12-2)3-6(7)8-5-13-8/h3-4,8H,5H2,1-2H3/t8-/m1/s1. The highest BCUT2D eigenvalue weighted by Gasteiger charge is 2.28. The van der Waals surface area contributed by atoms with Crippen LogP contribution in [0, 0.1) is 0 Å². The summed E-state index contributed by atoms with van der Waals surface area (Å²) in [6, 6.07) is 1.84. The molecule has 1 aliphatic rings. The van der Waals surface area contributed by atoms with Gasteiger partial charge in [-0.05, 0) is 0 Å². The molecule has 0 aromatic carbocycles. The molecule has 1 aromatic heterocycles. The molecule has 0 saturated carbocycles. The van der Waals surface area contributed by atoms with Crippen LogP contribution in [0.3, 0.4) is 0 Å². The van der Waals surface area contributed by atoms with Crippen LogP contribution in [0.4, 0.5) is 0 Å². The molecule has 4 nitrogen and oxygen atoms in total. The molecule has 4 heteroatoms. The van der Waals surface area contributed by atoms with E-state index in [0.29, 0.717) is 5.88 Å². The van der Waals surface area contributed by atoms with E-state index in [1.807, 2.05) is 6.07 Å². The van der Waals surface area contributed by atoms with Crippen molar-refractivity contribution in [2.24, 2.45) is 0 Å². The third-order valence-electron chi connectivity index (χ3n) is 1.98. The molecule has 1 aromatic rings. The van der Waals surface area contributed by atoms with Gasteiger partial charge >= 0.3 is 0 Å². The van der Waals surface area contributed by atoms with Crippen molar-refractivity contribution in [2.45, 2.75) is 6.10 Å². The van der Waals surface area contributed by atoms with Gasteiger partial charge in [0.1, 0.15) is 11.9 Å². The largest absolute Gasteiger partial charge is 0.495 e. The normalized spacial score (nSPS) is 19.7. The molecule has 2 heterocycles. The Bertz CT molecular complexity index is 310. The smallest absolute Gasteiger partial charge is 0.213 e. The number of pyridine rings is 1. The predicted octanol–water partition coefficient (Wildman–Crippen LogP) is 1.17. The summed E-state index contributed by atoms with van der Waals surface area (Å²) < 4.78 is 15.3. The summed E-state index contributed by atoms with van der Waals surface area (Å²) in [6.07, 6.45) is 1.81. The Morgan fingerprint density at radius 3 is 2.77 bits per heavy atom. The van der Waals surface area contributed by atoms with Crippen LogP contribution in [-0.4, -0.2) is 25.8 Å². The topological polar surface area (TPSA) is 43.9 Å². The maximum atomic E-state index is 5.17. The van der Waals surface area contributed by atoms with Gasteiger partial charge in [-0.25, -0.2) is 4.98 Å². The van der Waals surface area contributed by atoms with Crippen molar-refractivity contribution in [2.75, 3.05) is 20.8 Å². The van der Waals surface area contributed by atoms with E-state index in [1.54, 1.807) is 20.4 Å². The zero-order valence-corrected chi connectivity index (χ0v) is 7.61. The number of rotatable bonds is 3. The summed E-state index contributed by atoms with van der Waals surface area (Å²) in [5, 5.41) is 0. The minimum atomic E-state index is 0.159. The maximum absolute atomic E-state index is 5.17. The summed E-state index contributed by atoms with van der Waals surface area (Å²) in [6.45, 7) is 0.753. The van der Waals surface area contributed by atoms with Crippen LogP contribution in [0.25, 0.3) is 0 Å². The molecule has 0 amide bonds. The van der Waals surface area contributed by atoms with E-state index in [2.05, 4.69) is 4.98 Å². The molecule has 0 bridgehead atoms. The Hall–Kier alpha value is -1.29. The highest BCUT2D eigenvalue weighted by Crippen LogP contribution is 2.37. The Kier molecular flexibility index (Phi) is 2.06. The molecule has 0 N–H and O–H groups in total. The van der Waals surface area contributed by atoms with E-state index in [-0.39, 0.29) is 6.10 Å². The summed E-state index contributed by atoms with van der Waals surface area (Å²) in [5.41, 5.74) is 1.01. The first-order valence-electron chi connectivity index (χ1n) is 4.04. The predicted molar refractivity (Wildman–Crippen MR) is 46.0 cm³/mol. The van der Waals surface area contributed by atoms with Crippen molar-refractivity contribution in [1.29, 1.82) is 0 Å². The van der Waals surface area contributed by atoms with Gasteiger partial charge in [-0.15, -0.1) is 0 Å². The first-order valence-corrected chi connectivity index (χ1v) is 4.04. The lowest BCUT2D eigenvalue weighted by atomic mass is 10.2. The number of hydrogen-bond donors (Lipinski definition) is 0. The number of epoxide rings is 1. The minimum absolute atomic E-state index is 0.159. The van der Waals surface area contributed by atoms with Gasteiger partial charge in [0.15, 0.2) is 0 Å². The molecular weight excluding hydrogens is 170 g/mol. The third kappa shape index (κ3) is 1.58. The zero-order valence-electron chi connectivity index (χ0n) is 7.61. The van der Waals surface area contributed by atoms with Crippen molar-refractivity contribution < 1.29 is 14.2 Å². The molecule has 1 atom stereocenters. The quantitative estimate of drug-likeness (QED) is 0.656. The fourth-order valence-corrected chi connectivity index (χ4v) is 1.20. The lowest BCUT2D eigenvalue weighted by Crippen LogP contribution is -1.94. The summed E-state index contributed by atoms with van der Waals surface area (Å²) in [7, 11) is 3.21. The van der Waals surface area contributed by atoms with Crippen molar-refractivity contribution in [3.8, 4) is 11.6 Å². The monoisotopic (exact) mass is 181 g/mol. The van der Waals surface area contributed by atoms with E-state index < -0.39 is 0 Å². The number of methoxy groups -OCH3 is 2. The van der Waals surface area contributed by atoms with E-state index in [9.17, 15) is 0 Å². The van der Waals surface area contributed by atoms with Gasteiger partial charge in [-0.1, -0.05) is 0 Å². The first-order chi connectivity index (χ1) is 6.35. The highest BCUT2D eigenvalue weighted by atomic mass is 16.6. The molecule has 70 valence electrons. The fraction of sp³-hybridized carbons (Fsp3) is 0.444. The van der Waals surface area contributed by atoms with Gasteiger partial charge < -0.3 is 14.2 Å². The fourth-order valence-electron chi connectivity index (χ4n) is 1.20. The van der Waals surface area contributed by atoms with Crippen molar-refractivity contribution in [3.05, 3.63) is 17.8 Å². The van der Waals surface area contributed by atoms with Crippen molar-refractivity contribution in [3.63, 3.8) is 0 Å². The Balaban J connectivity index is 2.35. The molecular formula is C9H11NO3. The van der Waals surface area contributed by atoms with Crippen LogP contribution >= 0.6 is 0 Å². The average molecular weight is 181 g/mol. The second-order valence-electron chi connectivity index (χ2n) is 2.79. The van der Waals surface area contributed by atoms with Crippen LogP contribution in [0.2, 0.25) is 0 Å². The summed E-state index contributed by atoms with van der Waals surface area (Å²) >= 11 is 0. The number of nitrogens with zero attached hydrogens (tertiary/aromatic N) is 1.